The Bertz CT molecular complexity index is 455. The maximum atomic E-state index is 11.8. The van der Waals surface area contributed by atoms with Gasteiger partial charge in [0.1, 0.15) is 5.75 Å². The van der Waals surface area contributed by atoms with Crippen molar-refractivity contribution >= 4 is 17.6 Å². The highest BCUT2D eigenvalue weighted by molar-refractivity contribution is 6.30. The number of hydrogen-bond donors (Lipinski definition) is 0. The summed E-state index contributed by atoms with van der Waals surface area (Å²) in [5.41, 5.74) is 0.894. The Hall–Kier alpha value is -1.02. The highest BCUT2D eigenvalue weighted by atomic mass is 35.5. The fourth-order valence-corrected chi connectivity index (χ4v) is 2.66. The molecule has 0 N–H and O–H groups in total. The third-order valence-electron chi connectivity index (χ3n) is 3.77. The highest BCUT2D eigenvalue weighted by Gasteiger charge is 2.07. The van der Waals surface area contributed by atoms with Crippen molar-refractivity contribution in [2.24, 2.45) is 5.92 Å². The molecule has 1 aromatic rings. The second-order valence-electron chi connectivity index (χ2n) is 6.44. The molecule has 1 aromatic carbocycles. The van der Waals surface area contributed by atoms with Crippen molar-refractivity contribution in [3.05, 3.63) is 28.8 Å². The van der Waals surface area contributed by atoms with Gasteiger partial charge in [0.15, 0.2) is 0 Å². The minimum atomic E-state index is -0.148. The van der Waals surface area contributed by atoms with E-state index in [0.29, 0.717) is 17.2 Å². The van der Waals surface area contributed by atoms with Crippen molar-refractivity contribution in [1.29, 1.82) is 0 Å². The minimum absolute atomic E-state index is 0.148. The molecule has 0 saturated heterocycles. The van der Waals surface area contributed by atoms with Gasteiger partial charge in [0.2, 0.25) is 0 Å². The largest absolute Gasteiger partial charge is 0.426 e. The third-order valence-corrected chi connectivity index (χ3v) is 4.01. The molecule has 1 rings (SSSR count). The number of carbonyl (C=O) groups is 1. The van der Waals surface area contributed by atoms with Crippen molar-refractivity contribution in [1.82, 2.24) is 0 Å². The van der Waals surface area contributed by atoms with E-state index < -0.39 is 0 Å². The van der Waals surface area contributed by atoms with Crippen molar-refractivity contribution in [3.8, 4) is 5.75 Å². The normalized spacial score (nSPS) is 11.0. The lowest BCUT2D eigenvalue weighted by Gasteiger charge is -2.07. The third kappa shape index (κ3) is 8.43. The molecule has 0 unspecified atom stereocenters. The first kappa shape index (κ1) is 19.0. The fraction of sp³-hybridized carbons (Fsp3) is 0.632. The summed E-state index contributed by atoms with van der Waals surface area (Å²) in [6.07, 6.45) is 8.97. The number of unbranched alkanes of at least 4 members (excludes halogenated alkanes) is 5. The molecule has 0 amide bonds. The molecule has 124 valence electrons. The Labute approximate surface area is 140 Å². The molecule has 3 heteroatoms. The topological polar surface area (TPSA) is 26.3 Å². The quantitative estimate of drug-likeness (QED) is 0.285. The first-order valence-corrected chi connectivity index (χ1v) is 8.83. The number of ether oxygens (including phenoxy) is 1. The van der Waals surface area contributed by atoms with E-state index in [-0.39, 0.29) is 5.97 Å². The smallest absolute Gasteiger partial charge is 0.311 e. The Morgan fingerprint density at radius 2 is 1.73 bits per heavy atom. The van der Waals surface area contributed by atoms with E-state index in [4.69, 9.17) is 16.3 Å². The fourth-order valence-electron chi connectivity index (χ4n) is 2.43. The lowest BCUT2D eigenvalue weighted by molar-refractivity contribution is -0.134. The molecule has 0 aliphatic carbocycles. The predicted molar refractivity (Wildman–Crippen MR) is 93.6 cm³/mol. The number of rotatable bonds is 10. The zero-order chi connectivity index (χ0) is 16.4. The number of aryl methyl sites for hydroxylation is 1. The molecule has 0 fully saturated rings. The monoisotopic (exact) mass is 324 g/mol. The van der Waals surface area contributed by atoms with Crippen LogP contribution >= 0.6 is 11.6 Å². The van der Waals surface area contributed by atoms with Crippen LogP contribution in [0.5, 0.6) is 5.75 Å². The Morgan fingerprint density at radius 1 is 1.09 bits per heavy atom. The lowest BCUT2D eigenvalue weighted by atomic mass is 10.0. The van der Waals surface area contributed by atoms with E-state index in [0.717, 1.165) is 24.3 Å². The van der Waals surface area contributed by atoms with Gasteiger partial charge in [0.05, 0.1) is 0 Å². The summed E-state index contributed by atoms with van der Waals surface area (Å²) < 4.78 is 5.37. The summed E-state index contributed by atoms with van der Waals surface area (Å²) in [6, 6.07) is 5.31. The van der Waals surface area contributed by atoms with E-state index in [1.54, 1.807) is 18.2 Å². The van der Waals surface area contributed by atoms with Gasteiger partial charge in [-0.05, 0) is 43.0 Å². The summed E-state index contributed by atoms with van der Waals surface area (Å²) in [7, 11) is 0. The van der Waals surface area contributed by atoms with Crippen LogP contribution in [-0.4, -0.2) is 5.97 Å². The SMILES string of the molecule is Cc1cc(Cl)ccc1OC(=O)CCCCCCCCC(C)C. The summed E-state index contributed by atoms with van der Waals surface area (Å²) in [4.78, 5) is 11.8. The van der Waals surface area contributed by atoms with Gasteiger partial charge in [0.25, 0.3) is 0 Å². The van der Waals surface area contributed by atoms with E-state index in [1.165, 1.54) is 32.1 Å². The van der Waals surface area contributed by atoms with Crippen molar-refractivity contribution in [2.75, 3.05) is 0 Å². The molecule has 2 nitrogen and oxygen atoms in total. The van der Waals surface area contributed by atoms with Gasteiger partial charge in [0, 0.05) is 11.4 Å². The van der Waals surface area contributed by atoms with Crippen LogP contribution in [0.4, 0.5) is 0 Å². The molecular formula is C19H29ClO2. The molecule has 0 atom stereocenters. The van der Waals surface area contributed by atoms with Gasteiger partial charge >= 0.3 is 5.97 Å². The van der Waals surface area contributed by atoms with Crippen LogP contribution < -0.4 is 4.74 Å². The summed E-state index contributed by atoms with van der Waals surface area (Å²) in [5.74, 6) is 1.28. The maximum Gasteiger partial charge on any atom is 0.311 e. The van der Waals surface area contributed by atoms with Crippen molar-refractivity contribution in [2.45, 2.75) is 72.1 Å². The van der Waals surface area contributed by atoms with Crippen LogP contribution in [0, 0.1) is 12.8 Å². The van der Waals surface area contributed by atoms with Gasteiger partial charge in [-0.25, -0.2) is 0 Å². The first-order chi connectivity index (χ1) is 10.5. The Morgan fingerprint density at radius 3 is 2.36 bits per heavy atom. The molecule has 0 aliphatic heterocycles. The van der Waals surface area contributed by atoms with Crippen LogP contribution in [0.1, 0.15) is 70.8 Å². The van der Waals surface area contributed by atoms with Crippen LogP contribution in [0.15, 0.2) is 18.2 Å². The zero-order valence-corrected chi connectivity index (χ0v) is 14.9. The zero-order valence-electron chi connectivity index (χ0n) is 14.2. The average Bonchev–Trinajstić information content (AvgIpc) is 2.44. The van der Waals surface area contributed by atoms with Gasteiger partial charge in [-0.2, -0.15) is 0 Å². The minimum Gasteiger partial charge on any atom is -0.426 e. The molecule has 22 heavy (non-hydrogen) atoms. The summed E-state index contributed by atoms with van der Waals surface area (Å²) >= 11 is 5.88. The van der Waals surface area contributed by atoms with Crippen LogP contribution in [0.3, 0.4) is 0 Å². The predicted octanol–water partition coefficient (Wildman–Crippen LogP) is 6.33. The molecule has 0 aliphatic rings. The molecule has 0 heterocycles. The van der Waals surface area contributed by atoms with Gasteiger partial charge in [-0.1, -0.05) is 64.0 Å². The number of hydrogen-bond acceptors (Lipinski definition) is 2. The Balaban J connectivity index is 2.09. The van der Waals surface area contributed by atoms with Crippen LogP contribution in [-0.2, 0) is 4.79 Å². The van der Waals surface area contributed by atoms with Gasteiger partial charge < -0.3 is 4.74 Å². The Kier molecular flexibility index (Phi) is 9.22. The highest BCUT2D eigenvalue weighted by Crippen LogP contribution is 2.22. The molecule has 0 spiro atoms. The average molecular weight is 325 g/mol. The molecule has 0 radical (unpaired) electrons. The number of halogens is 1. The molecule has 0 bridgehead atoms. The van der Waals surface area contributed by atoms with Crippen molar-refractivity contribution in [3.63, 3.8) is 0 Å². The van der Waals surface area contributed by atoms with E-state index in [2.05, 4.69) is 13.8 Å². The van der Waals surface area contributed by atoms with E-state index in [9.17, 15) is 4.79 Å². The summed E-state index contributed by atoms with van der Waals surface area (Å²) in [6.45, 7) is 6.44. The second kappa shape index (κ2) is 10.7. The van der Waals surface area contributed by atoms with Crippen LogP contribution in [0.25, 0.3) is 0 Å². The van der Waals surface area contributed by atoms with Gasteiger partial charge in [-0.15, -0.1) is 0 Å². The lowest BCUT2D eigenvalue weighted by Crippen LogP contribution is -2.08. The molecular weight excluding hydrogens is 296 g/mol. The van der Waals surface area contributed by atoms with E-state index in [1.807, 2.05) is 6.92 Å². The van der Waals surface area contributed by atoms with Crippen LogP contribution in [0.2, 0.25) is 5.02 Å². The van der Waals surface area contributed by atoms with E-state index >= 15 is 0 Å². The van der Waals surface area contributed by atoms with Crippen molar-refractivity contribution < 1.29 is 9.53 Å². The second-order valence-corrected chi connectivity index (χ2v) is 6.87. The van der Waals surface area contributed by atoms with Gasteiger partial charge in [-0.3, -0.25) is 4.79 Å². The first-order valence-electron chi connectivity index (χ1n) is 8.46. The number of esters is 1. The molecule has 0 saturated carbocycles. The number of carbonyl (C=O) groups excluding carboxylic acids is 1. The maximum absolute atomic E-state index is 11.8. The summed E-state index contributed by atoms with van der Waals surface area (Å²) in [5, 5.41) is 0.662. The molecule has 0 aromatic heterocycles. The number of benzene rings is 1. The standard InChI is InChI=1S/C19H29ClO2/c1-15(2)10-8-6-4-5-7-9-11-19(21)22-18-13-12-17(20)14-16(18)3/h12-15H,4-11H2,1-3H3.